The summed E-state index contributed by atoms with van der Waals surface area (Å²) in [7, 11) is 1.23. The monoisotopic (exact) mass is 486 g/mol. The van der Waals surface area contributed by atoms with Gasteiger partial charge in [0.25, 0.3) is 5.91 Å². The molecule has 0 atom stereocenters. The molecule has 0 saturated heterocycles. The highest BCUT2D eigenvalue weighted by Crippen LogP contribution is 2.37. The molecule has 34 heavy (non-hydrogen) atoms. The fraction of sp³-hybridized carbons (Fsp3) is 0.250. The van der Waals surface area contributed by atoms with Gasteiger partial charge in [0, 0.05) is 5.69 Å². The van der Waals surface area contributed by atoms with Gasteiger partial charge in [-0.05, 0) is 61.9 Å². The molecule has 0 aliphatic carbocycles. The van der Waals surface area contributed by atoms with Crippen LogP contribution in [0.3, 0.4) is 0 Å². The average molecular weight is 487 g/mol. The Kier molecular flexibility index (Phi) is 9.92. The maximum Gasteiger partial charge on any atom is 0.343 e. The number of carbonyl (C=O) groups is 3. The summed E-state index contributed by atoms with van der Waals surface area (Å²) < 4.78 is 20.4. The van der Waals surface area contributed by atoms with Gasteiger partial charge in [-0.25, -0.2) is 9.59 Å². The summed E-state index contributed by atoms with van der Waals surface area (Å²) in [6, 6.07) is 10.9. The minimum absolute atomic E-state index is 0.119. The van der Waals surface area contributed by atoms with Crippen molar-refractivity contribution >= 4 is 41.2 Å². The van der Waals surface area contributed by atoms with E-state index in [4.69, 9.17) is 25.8 Å². The van der Waals surface area contributed by atoms with Crippen molar-refractivity contribution in [3.8, 4) is 17.6 Å². The second-order valence-electron chi connectivity index (χ2n) is 6.55. The standard InChI is InChI=1S/C24H23ClN2O7/c1-4-32-20-12-15(11-19(25)22(20)34-14-21(28)31-3)10-17(13-26)23(29)27-18-8-6-16(7-9-18)24(30)33-5-2/h6-12H,4-5,14H2,1-3H3,(H,27,29)/b17-10+. The smallest absolute Gasteiger partial charge is 0.343 e. The van der Waals surface area contributed by atoms with Gasteiger partial charge in [0.2, 0.25) is 0 Å². The number of methoxy groups -OCH3 is 1. The van der Waals surface area contributed by atoms with E-state index in [1.807, 2.05) is 6.07 Å². The van der Waals surface area contributed by atoms with Crippen LogP contribution in [0.4, 0.5) is 5.69 Å². The molecular weight excluding hydrogens is 464 g/mol. The molecular formula is C24H23ClN2O7. The number of carbonyl (C=O) groups excluding carboxylic acids is 3. The van der Waals surface area contributed by atoms with Crippen LogP contribution in [0.25, 0.3) is 6.08 Å². The van der Waals surface area contributed by atoms with Crippen molar-refractivity contribution < 1.29 is 33.3 Å². The van der Waals surface area contributed by atoms with Gasteiger partial charge in [-0.15, -0.1) is 0 Å². The summed E-state index contributed by atoms with van der Waals surface area (Å²) in [6.07, 6.45) is 1.33. The first-order chi connectivity index (χ1) is 16.3. The fourth-order valence-corrected chi connectivity index (χ4v) is 2.96. The predicted molar refractivity (Wildman–Crippen MR) is 125 cm³/mol. The summed E-state index contributed by atoms with van der Waals surface area (Å²) in [5.74, 6) is -1.36. The zero-order valence-corrected chi connectivity index (χ0v) is 19.6. The number of hydrogen-bond acceptors (Lipinski definition) is 8. The molecule has 0 radical (unpaired) electrons. The summed E-state index contributed by atoms with van der Waals surface area (Å²) in [6.45, 7) is 3.62. The van der Waals surface area contributed by atoms with Crippen LogP contribution in [-0.2, 0) is 19.1 Å². The lowest BCUT2D eigenvalue weighted by atomic mass is 10.1. The van der Waals surface area contributed by atoms with Crippen LogP contribution in [0.1, 0.15) is 29.8 Å². The highest BCUT2D eigenvalue weighted by atomic mass is 35.5. The Labute approximate surface area is 201 Å². The van der Waals surface area contributed by atoms with Crippen molar-refractivity contribution in [3.63, 3.8) is 0 Å². The minimum atomic E-state index is -0.661. The SMILES string of the molecule is CCOC(=O)c1ccc(NC(=O)/C(C#N)=C/c2cc(Cl)c(OCC(=O)OC)c(OCC)c2)cc1. The highest BCUT2D eigenvalue weighted by molar-refractivity contribution is 6.32. The molecule has 0 aromatic heterocycles. The molecule has 0 spiro atoms. The van der Waals surface area contributed by atoms with E-state index in [1.54, 1.807) is 13.8 Å². The minimum Gasteiger partial charge on any atom is -0.490 e. The molecule has 2 rings (SSSR count). The topological polar surface area (TPSA) is 124 Å². The van der Waals surface area contributed by atoms with Gasteiger partial charge in [0.15, 0.2) is 18.1 Å². The Morgan fingerprint density at radius 3 is 2.38 bits per heavy atom. The molecule has 10 heteroatoms. The molecule has 9 nitrogen and oxygen atoms in total. The Morgan fingerprint density at radius 1 is 1.09 bits per heavy atom. The van der Waals surface area contributed by atoms with Crippen molar-refractivity contribution in [3.05, 3.63) is 58.1 Å². The number of rotatable bonds is 10. The van der Waals surface area contributed by atoms with Crippen LogP contribution in [-0.4, -0.2) is 44.8 Å². The van der Waals surface area contributed by atoms with Gasteiger partial charge >= 0.3 is 11.9 Å². The zero-order chi connectivity index (χ0) is 25.1. The zero-order valence-electron chi connectivity index (χ0n) is 18.8. The van der Waals surface area contributed by atoms with Crippen molar-refractivity contribution in [2.24, 2.45) is 0 Å². The van der Waals surface area contributed by atoms with E-state index in [0.717, 1.165) is 0 Å². The number of nitrogens with zero attached hydrogens (tertiary/aromatic N) is 1. The highest BCUT2D eigenvalue weighted by Gasteiger charge is 2.16. The molecule has 0 bridgehead atoms. The number of nitriles is 1. The molecule has 178 valence electrons. The van der Waals surface area contributed by atoms with Gasteiger partial charge in [-0.2, -0.15) is 5.26 Å². The van der Waals surface area contributed by atoms with Gasteiger partial charge in [0.05, 0.1) is 30.9 Å². The van der Waals surface area contributed by atoms with Gasteiger partial charge < -0.3 is 24.3 Å². The Morgan fingerprint density at radius 2 is 1.79 bits per heavy atom. The maximum atomic E-state index is 12.6. The van der Waals surface area contributed by atoms with E-state index >= 15 is 0 Å². The van der Waals surface area contributed by atoms with E-state index < -0.39 is 17.8 Å². The number of benzene rings is 2. The number of halogens is 1. The molecule has 0 unspecified atom stereocenters. The Balaban J connectivity index is 2.24. The molecule has 0 aliphatic rings. The predicted octanol–water partition coefficient (Wildman–Crippen LogP) is 4.01. The van der Waals surface area contributed by atoms with Crippen LogP contribution in [0.15, 0.2) is 42.0 Å². The van der Waals surface area contributed by atoms with Crippen molar-refractivity contribution in [2.75, 3.05) is 32.2 Å². The summed E-state index contributed by atoms with van der Waals surface area (Å²) in [4.78, 5) is 35.7. The van der Waals surface area contributed by atoms with Crippen LogP contribution in [0, 0.1) is 11.3 Å². The number of amides is 1. The van der Waals surface area contributed by atoms with E-state index in [9.17, 15) is 19.6 Å². The fourth-order valence-electron chi connectivity index (χ4n) is 2.68. The largest absolute Gasteiger partial charge is 0.490 e. The maximum absolute atomic E-state index is 12.6. The molecule has 2 aromatic rings. The van der Waals surface area contributed by atoms with E-state index in [0.29, 0.717) is 16.8 Å². The van der Waals surface area contributed by atoms with E-state index in [-0.39, 0.29) is 41.9 Å². The first-order valence-corrected chi connectivity index (χ1v) is 10.6. The van der Waals surface area contributed by atoms with E-state index in [2.05, 4.69) is 10.1 Å². The number of esters is 2. The van der Waals surface area contributed by atoms with Crippen molar-refractivity contribution in [2.45, 2.75) is 13.8 Å². The molecule has 0 aliphatic heterocycles. The average Bonchev–Trinajstić information content (AvgIpc) is 2.82. The van der Waals surface area contributed by atoms with Crippen LogP contribution in [0.5, 0.6) is 11.5 Å². The van der Waals surface area contributed by atoms with Crippen LogP contribution < -0.4 is 14.8 Å². The number of ether oxygens (including phenoxy) is 4. The third-order valence-electron chi connectivity index (χ3n) is 4.22. The molecule has 0 fully saturated rings. The van der Waals surface area contributed by atoms with Crippen molar-refractivity contribution in [1.82, 2.24) is 0 Å². The number of anilines is 1. The first kappa shape index (κ1) is 26.2. The molecule has 1 N–H and O–H groups in total. The molecule has 2 aromatic carbocycles. The molecule has 0 heterocycles. The quantitative estimate of drug-likeness (QED) is 0.303. The van der Waals surface area contributed by atoms with Gasteiger partial charge in [-0.1, -0.05) is 11.6 Å². The van der Waals surface area contributed by atoms with Crippen LogP contribution in [0.2, 0.25) is 5.02 Å². The third kappa shape index (κ3) is 7.25. The van der Waals surface area contributed by atoms with Crippen molar-refractivity contribution in [1.29, 1.82) is 5.26 Å². The normalized spacial score (nSPS) is 10.6. The van der Waals surface area contributed by atoms with Crippen LogP contribution >= 0.6 is 11.6 Å². The molecule has 1 amide bonds. The summed E-state index contributed by atoms with van der Waals surface area (Å²) >= 11 is 6.29. The summed E-state index contributed by atoms with van der Waals surface area (Å²) in [5.41, 5.74) is 0.932. The second-order valence-corrected chi connectivity index (χ2v) is 6.96. The van der Waals surface area contributed by atoms with Gasteiger partial charge in [0.1, 0.15) is 11.6 Å². The Hall–Kier alpha value is -4.03. The number of nitrogens with one attached hydrogen (secondary N) is 1. The first-order valence-electron chi connectivity index (χ1n) is 10.2. The van der Waals surface area contributed by atoms with E-state index in [1.165, 1.54) is 49.6 Å². The lowest BCUT2D eigenvalue weighted by Crippen LogP contribution is -2.14. The Bertz CT molecular complexity index is 1120. The second kappa shape index (κ2) is 12.9. The van der Waals surface area contributed by atoms with Gasteiger partial charge in [-0.3, -0.25) is 4.79 Å². The third-order valence-corrected chi connectivity index (χ3v) is 4.50. The molecule has 0 saturated carbocycles. The lowest BCUT2D eigenvalue weighted by Gasteiger charge is -2.14. The number of hydrogen-bond donors (Lipinski definition) is 1. The summed E-state index contributed by atoms with van der Waals surface area (Å²) in [5, 5.41) is 12.2. The lowest BCUT2D eigenvalue weighted by molar-refractivity contribution is -0.142.